The second-order valence-corrected chi connectivity index (χ2v) is 4.75. The van der Waals surface area contributed by atoms with Gasteiger partial charge in [-0.25, -0.2) is 4.39 Å². The van der Waals surface area contributed by atoms with Gasteiger partial charge in [0.2, 0.25) is 5.83 Å². The number of hydrogen-bond donors (Lipinski definition) is 0. The first-order chi connectivity index (χ1) is 10.6. The van der Waals surface area contributed by atoms with Crippen LogP contribution in [0.25, 0.3) is 5.57 Å². The van der Waals surface area contributed by atoms with Gasteiger partial charge in [0.25, 0.3) is 0 Å². The number of benzene rings is 2. The van der Waals surface area contributed by atoms with Crippen LogP contribution in [0.15, 0.2) is 42.2 Å². The van der Waals surface area contributed by atoms with Crippen molar-refractivity contribution in [3.63, 3.8) is 0 Å². The first-order valence-electron chi connectivity index (χ1n) is 6.46. The molecule has 4 heteroatoms. The van der Waals surface area contributed by atoms with Gasteiger partial charge in [0.15, 0.2) is 0 Å². The number of ether oxygens (including phenoxy) is 1. The van der Waals surface area contributed by atoms with Crippen LogP contribution in [-0.4, -0.2) is 0 Å². The van der Waals surface area contributed by atoms with E-state index in [0.29, 0.717) is 22.3 Å². The van der Waals surface area contributed by atoms with E-state index in [9.17, 15) is 8.78 Å². The van der Waals surface area contributed by atoms with E-state index in [4.69, 9.17) is 16.4 Å². The average molecular weight is 293 g/mol. The van der Waals surface area contributed by atoms with Gasteiger partial charge in [-0.05, 0) is 35.4 Å². The lowest BCUT2D eigenvalue weighted by Crippen LogP contribution is -1.97. The summed E-state index contributed by atoms with van der Waals surface area (Å²) in [5.74, 6) is 1.24. The lowest BCUT2D eigenvalue weighted by molar-refractivity contribution is 0.305. The number of halogens is 2. The van der Waals surface area contributed by atoms with Gasteiger partial charge in [0, 0.05) is 22.8 Å². The third-order valence-electron chi connectivity index (χ3n) is 3.46. The molecule has 0 bridgehead atoms. The van der Waals surface area contributed by atoms with E-state index >= 15 is 0 Å². The molecular weight excluding hydrogens is 284 g/mol. The molecule has 3 rings (SSSR count). The number of hydrogen-bond acceptors (Lipinski definition) is 2. The maximum Gasteiger partial charge on any atom is 0.208 e. The number of nitrogens with zero attached hydrogens (tertiary/aromatic N) is 1. The molecule has 0 fully saturated rings. The Bertz CT molecular complexity index is 885. The van der Waals surface area contributed by atoms with Crippen molar-refractivity contribution in [1.29, 1.82) is 5.26 Å². The Hall–Kier alpha value is -3.11. The fourth-order valence-electron chi connectivity index (χ4n) is 2.46. The zero-order valence-corrected chi connectivity index (χ0v) is 11.4. The fraction of sp³-hybridized carbons (Fsp3) is 0.0556. The highest BCUT2D eigenvalue weighted by Gasteiger charge is 2.23. The van der Waals surface area contributed by atoms with E-state index in [-0.39, 0.29) is 17.9 Å². The molecule has 0 aromatic heterocycles. The zero-order chi connectivity index (χ0) is 15.7. The van der Waals surface area contributed by atoms with Crippen molar-refractivity contribution in [2.24, 2.45) is 0 Å². The number of nitriles is 1. The van der Waals surface area contributed by atoms with Crippen molar-refractivity contribution in [2.75, 3.05) is 0 Å². The molecule has 0 radical (unpaired) electrons. The highest BCUT2D eigenvalue weighted by molar-refractivity contribution is 5.87. The van der Waals surface area contributed by atoms with Gasteiger partial charge in [-0.1, -0.05) is 12.0 Å². The van der Waals surface area contributed by atoms with Crippen molar-refractivity contribution in [2.45, 2.75) is 6.61 Å². The molecule has 1 aliphatic rings. The summed E-state index contributed by atoms with van der Waals surface area (Å²) >= 11 is 0. The third-order valence-corrected chi connectivity index (χ3v) is 3.46. The molecule has 22 heavy (non-hydrogen) atoms. The normalized spacial score (nSPS) is 14.5. The monoisotopic (exact) mass is 293 g/mol. The Morgan fingerprint density at radius 3 is 2.68 bits per heavy atom. The zero-order valence-electron chi connectivity index (χ0n) is 11.4. The van der Waals surface area contributed by atoms with Crippen molar-refractivity contribution >= 4 is 5.57 Å². The van der Waals surface area contributed by atoms with Gasteiger partial charge < -0.3 is 4.74 Å². The van der Waals surface area contributed by atoms with Gasteiger partial charge in [0.1, 0.15) is 24.2 Å². The lowest BCUT2D eigenvalue weighted by atomic mass is 9.92. The molecule has 2 aromatic rings. The van der Waals surface area contributed by atoms with Gasteiger partial charge >= 0.3 is 0 Å². The molecule has 106 valence electrons. The second-order valence-electron chi connectivity index (χ2n) is 4.75. The number of allylic oxidation sites excluding steroid dienone is 1. The maximum atomic E-state index is 14.2. The molecule has 1 aliphatic heterocycles. The van der Waals surface area contributed by atoms with Crippen LogP contribution in [-0.2, 0) is 6.61 Å². The molecule has 0 aliphatic carbocycles. The fourth-order valence-corrected chi connectivity index (χ4v) is 2.46. The Labute approximate surface area is 126 Å². The topological polar surface area (TPSA) is 33.0 Å². The number of fused-ring (bicyclic) bond motifs is 2. The predicted octanol–water partition coefficient (Wildman–Crippen LogP) is 3.95. The van der Waals surface area contributed by atoms with Crippen LogP contribution in [0, 0.1) is 29.5 Å². The largest absolute Gasteiger partial charge is 0.488 e. The first kappa shape index (κ1) is 13.9. The third kappa shape index (κ3) is 2.21. The highest BCUT2D eigenvalue weighted by atomic mass is 19.1. The maximum absolute atomic E-state index is 14.2. The molecule has 0 saturated carbocycles. The average Bonchev–Trinajstić information content (AvgIpc) is 2.70. The second kappa shape index (κ2) is 5.35. The van der Waals surface area contributed by atoms with Gasteiger partial charge in [0.05, 0.1) is 0 Å². The standard InChI is InChI=1S/C18H9F2NO/c1-2-11-3-5-14-12(7-11)10-22-17-8-13(19)4-6-15(17)18(14)16(20)9-21/h1,3-8H,10H2. The summed E-state index contributed by atoms with van der Waals surface area (Å²) in [4.78, 5) is 0. The molecule has 0 unspecified atom stereocenters. The van der Waals surface area contributed by atoms with E-state index in [0.717, 1.165) is 0 Å². The van der Waals surface area contributed by atoms with E-state index < -0.39 is 11.6 Å². The molecule has 0 amide bonds. The Balaban J connectivity index is 2.33. The molecule has 0 spiro atoms. The van der Waals surface area contributed by atoms with Crippen LogP contribution < -0.4 is 4.74 Å². The van der Waals surface area contributed by atoms with Crippen molar-refractivity contribution in [3.8, 4) is 24.2 Å². The Morgan fingerprint density at radius 1 is 1.18 bits per heavy atom. The minimum Gasteiger partial charge on any atom is -0.488 e. The van der Waals surface area contributed by atoms with Crippen LogP contribution in [0.2, 0.25) is 0 Å². The van der Waals surface area contributed by atoms with Gasteiger partial charge in [-0.3, -0.25) is 0 Å². The minimum atomic E-state index is -0.951. The van der Waals surface area contributed by atoms with Crippen molar-refractivity contribution in [3.05, 3.63) is 70.3 Å². The highest BCUT2D eigenvalue weighted by Crippen LogP contribution is 2.39. The van der Waals surface area contributed by atoms with Crippen molar-refractivity contribution < 1.29 is 13.5 Å². The summed E-state index contributed by atoms with van der Waals surface area (Å²) in [6.07, 6.45) is 5.37. The molecule has 2 aromatic carbocycles. The Kier molecular flexibility index (Phi) is 3.37. The molecule has 0 N–H and O–H groups in total. The lowest BCUT2D eigenvalue weighted by Gasteiger charge is -2.09. The van der Waals surface area contributed by atoms with Crippen LogP contribution >= 0.6 is 0 Å². The number of terminal acetylenes is 1. The summed E-state index contributed by atoms with van der Waals surface area (Å²) < 4.78 is 33.1. The first-order valence-corrected chi connectivity index (χ1v) is 6.46. The van der Waals surface area contributed by atoms with Crippen LogP contribution in [0.4, 0.5) is 8.78 Å². The smallest absolute Gasteiger partial charge is 0.208 e. The summed E-state index contributed by atoms with van der Waals surface area (Å²) in [6, 6.07) is 10.3. The summed E-state index contributed by atoms with van der Waals surface area (Å²) in [5.41, 5.74) is 2.22. The van der Waals surface area contributed by atoms with Crippen LogP contribution in [0.5, 0.6) is 5.75 Å². The van der Waals surface area contributed by atoms with E-state index in [1.54, 1.807) is 18.2 Å². The molecule has 2 nitrogen and oxygen atoms in total. The van der Waals surface area contributed by atoms with Crippen molar-refractivity contribution in [1.82, 2.24) is 0 Å². The molecule has 1 heterocycles. The van der Waals surface area contributed by atoms with E-state index in [1.165, 1.54) is 24.3 Å². The quantitative estimate of drug-likeness (QED) is 0.544. The van der Waals surface area contributed by atoms with Gasteiger partial charge in [-0.2, -0.15) is 9.65 Å². The molecule has 0 saturated heterocycles. The number of rotatable bonds is 0. The molecule has 0 atom stereocenters. The summed E-state index contributed by atoms with van der Waals surface area (Å²) in [7, 11) is 0. The summed E-state index contributed by atoms with van der Waals surface area (Å²) in [6.45, 7) is 0.115. The Morgan fingerprint density at radius 2 is 1.95 bits per heavy atom. The SMILES string of the molecule is C#Cc1ccc2c(c1)COc1cc(F)ccc1C2=C(F)C#N. The molecular formula is C18H9F2NO. The van der Waals surface area contributed by atoms with Crippen LogP contribution in [0.1, 0.15) is 22.3 Å². The van der Waals surface area contributed by atoms with E-state index in [2.05, 4.69) is 5.92 Å². The minimum absolute atomic E-state index is 0.0913. The van der Waals surface area contributed by atoms with Gasteiger partial charge in [-0.15, -0.1) is 6.42 Å². The van der Waals surface area contributed by atoms with Crippen LogP contribution in [0.3, 0.4) is 0 Å². The predicted molar refractivity (Wildman–Crippen MR) is 77.9 cm³/mol. The summed E-state index contributed by atoms with van der Waals surface area (Å²) in [5, 5.41) is 8.96. The van der Waals surface area contributed by atoms with E-state index in [1.807, 2.05) is 0 Å².